The van der Waals surface area contributed by atoms with Crippen molar-refractivity contribution >= 4 is 26.5 Å². The maximum Gasteiger partial charge on any atom is 0.243 e. The number of rotatable bonds is 3. The van der Waals surface area contributed by atoms with Crippen LogP contribution in [-0.4, -0.2) is 30.8 Å². The number of fused-ring (bicyclic) bond motifs is 1. The van der Waals surface area contributed by atoms with Crippen LogP contribution in [0.4, 0.5) is 0 Å². The summed E-state index contributed by atoms with van der Waals surface area (Å²) < 4.78 is 27.1. The average molecular weight is 352 g/mol. The van der Waals surface area contributed by atoms with Crippen LogP contribution in [0.25, 0.3) is 16.5 Å². The minimum atomic E-state index is -3.43. The zero-order valence-electron chi connectivity index (χ0n) is 14.1. The first kappa shape index (κ1) is 16.1. The van der Waals surface area contributed by atoms with Crippen molar-refractivity contribution in [2.75, 3.05) is 13.1 Å². The van der Waals surface area contributed by atoms with Crippen LogP contribution in [0, 0.1) is 6.92 Å². The summed E-state index contributed by atoms with van der Waals surface area (Å²) in [4.78, 5) is 3.65. The molecule has 0 spiro atoms. The maximum atomic E-state index is 12.8. The monoisotopic (exact) mass is 352 g/mol. The zero-order chi connectivity index (χ0) is 17.4. The highest BCUT2D eigenvalue weighted by molar-refractivity contribution is 7.89. The van der Waals surface area contributed by atoms with E-state index in [9.17, 15) is 8.42 Å². The van der Waals surface area contributed by atoms with Crippen molar-refractivity contribution in [1.29, 1.82) is 0 Å². The molecule has 0 saturated heterocycles. The molecule has 128 valence electrons. The number of benzene rings is 2. The van der Waals surface area contributed by atoms with Crippen LogP contribution < -0.4 is 0 Å². The number of H-pyrrole nitrogens is 1. The van der Waals surface area contributed by atoms with E-state index in [1.54, 1.807) is 16.4 Å². The lowest BCUT2D eigenvalue weighted by molar-refractivity contribution is 0.441. The number of hydrogen-bond acceptors (Lipinski definition) is 2. The molecule has 4 nitrogen and oxygen atoms in total. The van der Waals surface area contributed by atoms with Crippen LogP contribution in [-0.2, 0) is 10.0 Å². The van der Waals surface area contributed by atoms with Crippen molar-refractivity contribution in [3.63, 3.8) is 0 Å². The fourth-order valence-electron chi connectivity index (χ4n) is 3.31. The Labute approximate surface area is 147 Å². The molecular formula is C20H20N2O2S. The van der Waals surface area contributed by atoms with Crippen molar-refractivity contribution < 1.29 is 8.42 Å². The molecule has 1 N–H and O–H groups in total. The second kappa shape index (κ2) is 6.17. The maximum absolute atomic E-state index is 12.8. The van der Waals surface area contributed by atoms with Crippen molar-refractivity contribution in [3.8, 4) is 0 Å². The van der Waals surface area contributed by atoms with Gasteiger partial charge < -0.3 is 4.98 Å². The molecule has 1 aliphatic rings. The van der Waals surface area contributed by atoms with E-state index in [4.69, 9.17) is 0 Å². The SMILES string of the molecule is Cc1ccc(S(=O)(=O)N2CC=C(c3c[nH]c4ccccc34)CC2)cc1. The number of aromatic nitrogens is 1. The molecule has 0 fully saturated rings. The topological polar surface area (TPSA) is 53.2 Å². The molecule has 0 saturated carbocycles. The van der Waals surface area contributed by atoms with Gasteiger partial charge in [-0.25, -0.2) is 8.42 Å². The van der Waals surface area contributed by atoms with Gasteiger partial charge in [0.05, 0.1) is 4.90 Å². The molecule has 25 heavy (non-hydrogen) atoms. The molecule has 2 aromatic carbocycles. The summed E-state index contributed by atoms with van der Waals surface area (Å²) >= 11 is 0. The molecule has 4 rings (SSSR count). The molecule has 2 heterocycles. The fraction of sp³-hybridized carbons (Fsp3) is 0.200. The number of sulfonamides is 1. The quantitative estimate of drug-likeness (QED) is 0.776. The molecule has 0 amide bonds. The zero-order valence-corrected chi connectivity index (χ0v) is 14.9. The summed E-state index contributed by atoms with van der Waals surface area (Å²) in [6.07, 6.45) is 4.76. The molecule has 0 atom stereocenters. The Balaban J connectivity index is 1.60. The molecule has 3 aromatic rings. The second-order valence-electron chi connectivity index (χ2n) is 6.40. The molecule has 0 unspecified atom stereocenters. The Bertz CT molecular complexity index is 1050. The average Bonchev–Trinajstić information content (AvgIpc) is 3.06. The molecule has 0 radical (unpaired) electrons. The van der Waals surface area contributed by atoms with E-state index in [1.165, 1.54) is 16.5 Å². The Morgan fingerprint density at radius 2 is 1.80 bits per heavy atom. The van der Waals surface area contributed by atoms with Crippen LogP contribution in [0.5, 0.6) is 0 Å². The minimum Gasteiger partial charge on any atom is -0.361 e. The third kappa shape index (κ3) is 2.90. The van der Waals surface area contributed by atoms with Gasteiger partial charge in [-0.15, -0.1) is 0 Å². The van der Waals surface area contributed by atoms with E-state index >= 15 is 0 Å². The summed E-state index contributed by atoms with van der Waals surface area (Å²) in [5.41, 5.74) is 4.53. The first-order valence-electron chi connectivity index (χ1n) is 8.38. The van der Waals surface area contributed by atoms with E-state index in [0.717, 1.165) is 11.1 Å². The summed E-state index contributed by atoms with van der Waals surface area (Å²) in [7, 11) is -3.43. The number of nitrogens with one attached hydrogen (secondary N) is 1. The van der Waals surface area contributed by atoms with Crippen molar-refractivity contribution in [2.24, 2.45) is 0 Å². The summed E-state index contributed by atoms with van der Waals surface area (Å²) in [6, 6.07) is 15.2. The number of aryl methyl sites for hydroxylation is 1. The van der Waals surface area contributed by atoms with E-state index < -0.39 is 10.0 Å². The third-order valence-electron chi connectivity index (χ3n) is 4.77. The lowest BCUT2D eigenvalue weighted by atomic mass is 10.00. The first-order valence-corrected chi connectivity index (χ1v) is 9.82. The van der Waals surface area contributed by atoms with Crippen molar-refractivity contribution in [1.82, 2.24) is 9.29 Å². The number of hydrogen-bond donors (Lipinski definition) is 1. The van der Waals surface area contributed by atoms with E-state index in [0.29, 0.717) is 24.4 Å². The van der Waals surface area contributed by atoms with Crippen LogP contribution in [0.15, 0.2) is 65.7 Å². The summed E-state index contributed by atoms with van der Waals surface area (Å²) in [5, 5.41) is 1.18. The molecule has 0 aliphatic carbocycles. The standard InChI is InChI=1S/C20H20N2O2S/c1-15-6-8-17(9-7-15)25(23,24)22-12-10-16(11-13-22)19-14-21-20-5-3-2-4-18(19)20/h2-10,14,21H,11-13H2,1H3. The molecule has 0 bridgehead atoms. The van der Waals surface area contributed by atoms with E-state index in [2.05, 4.69) is 17.1 Å². The minimum absolute atomic E-state index is 0.363. The molecule has 1 aliphatic heterocycles. The van der Waals surface area contributed by atoms with Crippen LogP contribution in [0.3, 0.4) is 0 Å². The Hall–Kier alpha value is -2.37. The van der Waals surface area contributed by atoms with Gasteiger partial charge in [0.2, 0.25) is 10.0 Å². The summed E-state index contributed by atoms with van der Waals surface area (Å²) in [5.74, 6) is 0. The normalized spacial score (nSPS) is 16.1. The van der Waals surface area contributed by atoms with Crippen LogP contribution in [0.2, 0.25) is 0 Å². The number of nitrogens with zero attached hydrogens (tertiary/aromatic N) is 1. The highest BCUT2D eigenvalue weighted by Gasteiger charge is 2.26. The summed E-state index contributed by atoms with van der Waals surface area (Å²) in [6.45, 7) is 2.86. The van der Waals surface area contributed by atoms with Crippen LogP contribution in [0.1, 0.15) is 17.5 Å². The lowest BCUT2D eigenvalue weighted by Gasteiger charge is -2.26. The van der Waals surface area contributed by atoms with Gasteiger partial charge >= 0.3 is 0 Å². The van der Waals surface area contributed by atoms with E-state index in [-0.39, 0.29) is 0 Å². The molecular weight excluding hydrogens is 332 g/mol. The van der Waals surface area contributed by atoms with Gasteiger partial charge in [0, 0.05) is 35.8 Å². The number of aromatic amines is 1. The predicted molar refractivity (Wildman–Crippen MR) is 101 cm³/mol. The van der Waals surface area contributed by atoms with Crippen molar-refractivity contribution in [2.45, 2.75) is 18.2 Å². The first-order chi connectivity index (χ1) is 12.1. The van der Waals surface area contributed by atoms with E-state index in [1.807, 2.05) is 43.5 Å². The smallest absolute Gasteiger partial charge is 0.243 e. The van der Waals surface area contributed by atoms with Gasteiger partial charge in [-0.3, -0.25) is 0 Å². The lowest BCUT2D eigenvalue weighted by Crippen LogP contribution is -2.34. The molecule has 1 aromatic heterocycles. The predicted octanol–water partition coefficient (Wildman–Crippen LogP) is 3.95. The Morgan fingerprint density at radius 1 is 1.04 bits per heavy atom. The van der Waals surface area contributed by atoms with Gasteiger partial charge in [-0.05, 0) is 37.1 Å². The highest BCUT2D eigenvalue weighted by atomic mass is 32.2. The van der Waals surface area contributed by atoms with Gasteiger partial charge in [0.25, 0.3) is 0 Å². The fourth-order valence-corrected chi connectivity index (χ4v) is 4.69. The Morgan fingerprint density at radius 3 is 2.52 bits per heavy atom. The van der Waals surface area contributed by atoms with Gasteiger partial charge in [0.15, 0.2) is 0 Å². The van der Waals surface area contributed by atoms with Gasteiger partial charge in [-0.1, -0.05) is 42.0 Å². The largest absolute Gasteiger partial charge is 0.361 e. The second-order valence-corrected chi connectivity index (χ2v) is 8.34. The third-order valence-corrected chi connectivity index (χ3v) is 6.65. The number of para-hydroxylation sites is 1. The highest BCUT2D eigenvalue weighted by Crippen LogP contribution is 2.30. The molecule has 5 heteroatoms. The van der Waals surface area contributed by atoms with Crippen molar-refractivity contribution in [3.05, 3.63) is 71.9 Å². The van der Waals surface area contributed by atoms with Gasteiger partial charge in [-0.2, -0.15) is 4.31 Å². The van der Waals surface area contributed by atoms with Gasteiger partial charge in [0.1, 0.15) is 0 Å². The van der Waals surface area contributed by atoms with Crippen LogP contribution >= 0.6 is 0 Å². The Kier molecular flexibility index (Phi) is 3.98.